The molecule has 5 heteroatoms. The summed E-state index contributed by atoms with van der Waals surface area (Å²) in [7, 11) is 0. The van der Waals surface area contributed by atoms with Crippen molar-refractivity contribution in [2.24, 2.45) is 11.7 Å². The minimum absolute atomic E-state index is 0. The van der Waals surface area contributed by atoms with Crippen molar-refractivity contribution in [3.63, 3.8) is 0 Å². The van der Waals surface area contributed by atoms with Crippen LogP contribution in [-0.2, 0) is 9.53 Å². The Balaban J connectivity index is 0.00000242. The van der Waals surface area contributed by atoms with Crippen LogP contribution in [-0.4, -0.2) is 42.1 Å². The molecule has 0 aromatic rings. The minimum Gasteiger partial charge on any atom is -0.376 e. The van der Waals surface area contributed by atoms with Gasteiger partial charge in [-0.3, -0.25) is 4.79 Å². The van der Waals surface area contributed by atoms with Crippen LogP contribution in [0.1, 0.15) is 65.2 Å². The van der Waals surface area contributed by atoms with E-state index in [9.17, 15) is 4.79 Å². The summed E-state index contributed by atoms with van der Waals surface area (Å²) in [6, 6.07) is 0.0385. The zero-order valence-electron chi connectivity index (χ0n) is 14.1. The highest BCUT2D eigenvalue weighted by Crippen LogP contribution is 2.28. The first-order chi connectivity index (χ1) is 10.1. The Morgan fingerprint density at radius 2 is 1.95 bits per heavy atom. The Morgan fingerprint density at radius 1 is 1.27 bits per heavy atom. The van der Waals surface area contributed by atoms with Crippen LogP contribution in [0.3, 0.4) is 0 Å². The van der Waals surface area contributed by atoms with Crippen molar-refractivity contribution in [2.45, 2.75) is 83.4 Å². The molecule has 1 aliphatic heterocycles. The molecule has 1 aliphatic carbocycles. The molecule has 0 aromatic carbocycles. The molecule has 1 saturated heterocycles. The lowest BCUT2D eigenvalue weighted by molar-refractivity contribution is -0.138. The van der Waals surface area contributed by atoms with E-state index in [4.69, 9.17) is 10.5 Å². The normalized spacial score (nSPS) is 29.7. The fourth-order valence-corrected chi connectivity index (χ4v) is 3.63. The van der Waals surface area contributed by atoms with Crippen LogP contribution in [0.2, 0.25) is 0 Å². The smallest absolute Gasteiger partial charge is 0.239 e. The van der Waals surface area contributed by atoms with E-state index in [0.29, 0.717) is 6.04 Å². The number of hydrogen-bond acceptors (Lipinski definition) is 3. The Kier molecular flexibility index (Phi) is 8.73. The van der Waals surface area contributed by atoms with Crippen LogP contribution in [0.5, 0.6) is 0 Å². The van der Waals surface area contributed by atoms with Crippen LogP contribution in [0.25, 0.3) is 0 Å². The van der Waals surface area contributed by atoms with Crippen molar-refractivity contribution < 1.29 is 9.53 Å². The van der Waals surface area contributed by atoms with Gasteiger partial charge in [0, 0.05) is 19.2 Å². The van der Waals surface area contributed by atoms with Gasteiger partial charge in [0.15, 0.2) is 0 Å². The topological polar surface area (TPSA) is 55.6 Å². The van der Waals surface area contributed by atoms with Gasteiger partial charge in [-0.2, -0.15) is 0 Å². The number of rotatable bonds is 6. The minimum atomic E-state index is -0.337. The van der Waals surface area contributed by atoms with Crippen LogP contribution in [0, 0.1) is 5.92 Å². The molecule has 0 radical (unpaired) electrons. The van der Waals surface area contributed by atoms with Gasteiger partial charge in [-0.05, 0) is 50.9 Å². The summed E-state index contributed by atoms with van der Waals surface area (Å²) in [6.07, 6.45) is 8.86. The van der Waals surface area contributed by atoms with E-state index in [1.807, 2.05) is 0 Å². The first-order valence-corrected chi connectivity index (χ1v) is 8.79. The van der Waals surface area contributed by atoms with E-state index in [0.717, 1.165) is 57.6 Å². The van der Waals surface area contributed by atoms with Crippen LogP contribution in [0.4, 0.5) is 0 Å². The number of nitrogens with two attached hydrogens (primary N) is 1. The number of ether oxygens (including phenoxy) is 1. The summed E-state index contributed by atoms with van der Waals surface area (Å²) in [5.74, 6) is 0.942. The van der Waals surface area contributed by atoms with Gasteiger partial charge in [-0.15, -0.1) is 12.4 Å². The Morgan fingerprint density at radius 3 is 2.50 bits per heavy atom. The summed E-state index contributed by atoms with van der Waals surface area (Å²) in [5, 5.41) is 0. The second-order valence-corrected chi connectivity index (χ2v) is 6.93. The molecular weight excluding hydrogens is 300 g/mol. The number of amides is 1. The van der Waals surface area contributed by atoms with E-state index >= 15 is 0 Å². The Bertz CT molecular complexity index is 327. The maximum Gasteiger partial charge on any atom is 0.239 e. The van der Waals surface area contributed by atoms with Gasteiger partial charge < -0.3 is 15.4 Å². The van der Waals surface area contributed by atoms with Gasteiger partial charge in [0.25, 0.3) is 0 Å². The molecule has 2 atom stereocenters. The van der Waals surface area contributed by atoms with Crippen molar-refractivity contribution in [3.8, 4) is 0 Å². The number of hydrogen-bond donors (Lipinski definition) is 1. The summed E-state index contributed by atoms with van der Waals surface area (Å²) in [6.45, 7) is 5.98. The predicted molar refractivity (Wildman–Crippen MR) is 92.2 cm³/mol. The van der Waals surface area contributed by atoms with Gasteiger partial charge in [-0.1, -0.05) is 20.3 Å². The quantitative estimate of drug-likeness (QED) is 0.813. The van der Waals surface area contributed by atoms with E-state index in [-0.39, 0.29) is 30.5 Å². The average molecular weight is 333 g/mol. The molecule has 2 fully saturated rings. The summed E-state index contributed by atoms with van der Waals surface area (Å²) in [5.41, 5.74) is 6.10. The highest BCUT2D eigenvalue weighted by molar-refractivity contribution is 5.85. The maximum atomic E-state index is 12.7. The molecule has 4 nitrogen and oxygen atoms in total. The zero-order chi connectivity index (χ0) is 15.2. The number of carbonyl (C=O) groups is 1. The molecule has 130 valence electrons. The van der Waals surface area contributed by atoms with E-state index < -0.39 is 0 Å². The predicted octanol–water partition coefficient (Wildman–Crippen LogP) is 3.12. The molecule has 0 aromatic heterocycles. The largest absolute Gasteiger partial charge is 0.376 e. The molecule has 0 bridgehead atoms. The molecule has 2 unspecified atom stereocenters. The molecule has 0 spiro atoms. The highest BCUT2D eigenvalue weighted by Gasteiger charge is 2.32. The van der Waals surface area contributed by atoms with Gasteiger partial charge in [0.2, 0.25) is 5.91 Å². The van der Waals surface area contributed by atoms with E-state index in [1.165, 1.54) is 12.8 Å². The van der Waals surface area contributed by atoms with Gasteiger partial charge in [0.1, 0.15) is 0 Å². The third kappa shape index (κ3) is 5.39. The third-order valence-corrected chi connectivity index (χ3v) is 5.05. The second kappa shape index (κ2) is 9.74. The van der Waals surface area contributed by atoms with E-state index in [1.54, 1.807) is 0 Å². The SMILES string of the molecule is CCCC(N)C(=O)N(CC1CCCO1)C1CCC(C)CC1.Cl. The number of nitrogens with zero attached hydrogens (tertiary/aromatic N) is 1. The number of carbonyl (C=O) groups excluding carboxylic acids is 1. The molecule has 2 N–H and O–H groups in total. The van der Waals surface area contributed by atoms with Crippen LogP contribution in [0.15, 0.2) is 0 Å². The van der Waals surface area contributed by atoms with Crippen LogP contribution < -0.4 is 5.73 Å². The molecule has 1 saturated carbocycles. The van der Waals surface area contributed by atoms with Crippen LogP contribution >= 0.6 is 12.4 Å². The van der Waals surface area contributed by atoms with Crippen molar-refractivity contribution in [1.82, 2.24) is 4.90 Å². The van der Waals surface area contributed by atoms with Gasteiger partial charge in [-0.25, -0.2) is 0 Å². The molecule has 1 amide bonds. The summed E-state index contributed by atoms with van der Waals surface area (Å²) >= 11 is 0. The third-order valence-electron chi connectivity index (χ3n) is 5.05. The zero-order valence-corrected chi connectivity index (χ0v) is 14.9. The lowest BCUT2D eigenvalue weighted by Crippen LogP contribution is -2.52. The highest BCUT2D eigenvalue weighted by atomic mass is 35.5. The summed E-state index contributed by atoms with van der Waals surface area (Å²) < 4.78 is 5.75. The first kappa shape index (κ1) is 19.7. The molecular formula is C17H33ClN2O2. The second-order valence-electron chi connectivity index (χ2n) is 6.93. The standard InChI is InChI=1S/C17H32N2O2.ClH/c1-3-5-16(18)17(20)19(12-15-6-4-11-21-15)14-9-7-13(2)8-10-14;/h13-16H,3-12,18H2,1-2H3;1H. The van der Waals surface area contributed by atoms with Crippen molar-refractivity contribution in [3.05, 3.63) is 0 Å². The lowest BCUT2D eigenvalue weighted by Gasteiger charge is -2.38. The van der Waals surface area contributed by atoms with Crippen molar-refractivity contribution >= 4 is 18.3 Å². The Hall–Kier alpha value is -0.320. The fourth-order valence-electron chi connectivity index (χ4n) is 3.63. The lowest BCUT2D eigenvalue weighted by atomic mass is 9.86. The monoisotopic (exact) mass is 332 g/mol. The first-order valence-electron chi connectivity index (χ1n) is 8.79. The van der Waals surface area contributed by atoms with E-state index in [2.05, 4.69) is 18.7 Å². The Labute approximate surface area is 141 Å². The number of halogens is 1. The maximum absolute atomic E-state index is 12.7. The van der Waals surface area contributed by atoms with Gasteiger partial charge >= 0.3 is 0 Å². The molecule has 1 heterocycles. The molecule has 22 heavy (non-hydrogen) atoms. The van der Waals surface area contributed by atoms with Crippen molar-refractivity contribution in [2.75, 3.05) is 13.2 Å². The molecule has 2 aliphatic rings. The summed E-state index contributed by atoms with van der Waals surface area (Å²) in [4.78, 5) is 14.8. The van der Waals surface area contributed by atoms with Crippen molar-refractivity contribution in [1.29, 1.82) is 0 Å². The average Bonchev–Trinajstić information content (AvgIpc) is 2.98. The van der Waals surface area contributed by atoms with Gasteiger partial charge in [0.05, 0.1) is 12.1 Å². The fraction of sp³-hybridized carbons (Fsp3) is 0.941. The molecule has 2 rings (SSSR count).